The summed E-state index contributed by atoms with van der Waals surface area (Å²) in [4.78, 5) is 58.1. The van der Waals surface area contributed by atoms with Crippen LogP contribution >= 0.6 is 0 Å². The maximum Gasteiger partial charge on any atom is 0.357 e. The summed E-state index contributed by atoms with van der Waals surface area (Å²) in [5.41, 5.74) is -0.632. The van der Waals surface area contributed by atoms with E-state index in [9.17, 15) is 23.6 Å². The van der Waals surface area contributed by atoms with Crippen molar-refractivity contribution in [2.45, 2.75) is 23.9 Å². The normalized spacial score (nSPS) is 22.8. The van der Waals surface area contributed by atoms with Crippen molar-refractivity contribution >= 4 is 41.1 Å². The third-order valence-corrected chi connectivity index (χ3v) is 7.01. The number of esters is 3. The molecule has 2 N–H and O–H groups in total. The Labute approximate surface area is 216 Å². The van der Waals surface area contributed by atoms with Gasteiger partial charge in [-0.05, 0) is 30.2 Å². The van der Waals surface area contributed by atoms with Crippen LogP contribution in [-0.4, -0.2) is 68.1 Å². The van der Waals surface area contributed by atoms with Crippen molar-refractivity contribution in [3.63, 3.8) is 0 Å². The zero-order chi connectivity index (χ0) is 27.2. The molecule has 0 aromatic heterocycles. The van der Waals surface area contributed by atoms with Gasteiger partial charge in [-0.3, -0.25) is 4.90 Å². The van der Waals surface area contributed by atoms with Crippen LogP contribution in [0.2, 0.25) is 0 Å². The summed E-state index contributed by atoms with van der Waals surface area (Å²) in [6.07, 6.45) is -0.0488. The number of hydrogen-bond acceptors (Lipinski definition) is 9. The van der Waals surface area contributed by atoms with Gasteiger partial charge in [0.05, 0.1) is 44.0 Å². The van der Waals surface area contributed by atoms with Gasteiger partial charge in [0, 0.05) is 5.69 Å². The molecule has 2 aromatic rings. The van der Waals surface area contributed by atoms with Gasteiger partial charge in [0.15, 0.2) is 5.70 Å². The Hall–Kier alpha value is -4.74. The van der Waals surface area contributed by atoms with Gasteiger partial charge >= 0.3 is 23.9 Å². The topological polar surface area (TPSA) is 136 Å². The lowest BCUT2D eigenvalue weighted by molar-refractivity contribution is -0.144. The smallest absolute Gasteiger partial charge is 0.357 e. The third kappa shape index (κ3) is 3.51. The number of anilines is 2. The van der Waals surface area contributed by atoms with Crippen molar-refractivity contribution in [1.29, 1.82) is 0 Å². The quantitative estimate of drug-likeness (QED) is 0.462. The number of rotatable bonds is 4. The molecule has 0 radical (unpaired) electrons. The van der Waals surface area contributed by atoms with Crippen molar-refractivity contribution in [3.8, 4) is 0 Å². The average Bonchev–Trinajstić information content (AvgIpc) is 3.46. The minimum Gasteiger partial charge on any atom is -0.467 e. The molecule has 0 bridgehead atoms. The van der Waals surface area contributed by atoms with Crippen LogP contribution in [0.5, 0.6) is 0 Å². The van der Waals surface area contributed by atoms with Crippen molar-refractivity contribution in [2.75, 3.05) is 32.0 Å². The molecule has 2 amide bonds. The lowest BCUT2D eigenvalue weighted by atomic mass is 9.69. The zero-order valence-corrected chi connectivity index (χ0v) is 20.6. The molecule has 2 aromatic carbocycles. The number of nitrogens with zero attached hydrogens (tertiary/aromatic N) is 2. The van der Waals surface area contributed by atoms with E-state index in [1.807, 2.05) is 0 Å². The first kappa shape index (κ1) is 24.9. The largest absolute Gasteiger partial charge is 0.467 e. The molecule has 196 valence electrons. The first-order valence-electron chi connectivity index (χ1n) is 11.6. The van der Waals surface area contributed by atoms with Gasteiger partial charge in [-0.1, -0.05) is 30.3 Å². The molecule has 3 aliphatic rings. The maximum absolute atomic E-state index is 14.4. The fourth-order valence-electron chi connectivity index (χ4n) is 5.41. The molecule has 1 spiro atoms. The number of aliphatic imine (C=N–C) groups is 1. The number of amides is 2. The fraction of sp³-hybridized carbons (Fsp3) is 0.269. The molecule has 11 nitrogen and oxygen atoms in total. The van der Waals surface area contributed by atoms with Crippen LogP contribution in [0.3, 0.4) is 0 Å². The monoisotopic (exact) mass is 522 g/mol. The minimum atomic E-state index is -1.26. The molecule has 38 heavy (non-hydrogen) atoms. The van der Waals surface area contributed by atoms with E-state index in [1.54, 1.807) is 24.3 Å². The van der Waals surface area contributed by atoms with Crippen LogP contribution in [0.15, 0.2) is 64.8 Å². The summed E-state index contributed by atoms with van der Waals surface area (Å²) in [5, 5.41) is 5.73. The zero-order valence-electron chi connectivity index (χ0n) is 20.6. The average molecular weight is 522 g/mol. The number of urea groups is 1. The van der Waals surface area contributed by atoms with Gasteiger partial charge in [0.1, 0.15) is 17.7 Å². The van der Waals surface area contributed by atoms with E-state index in [0.29, 0.717) is 11.3 Å². The van der Waals surface area contributed by atoms with E-state index < -0.39 is 47.3 Å². The van der Waals surface area contributed by atoms with Crippen LogP contribution in [0.1, 0.15) is 12.0 Å². The second kappa shape index (κ2) is 9.29. The van der Waals surface area contributed by atoms with Crippen LogP contribution < -0.4 is 10.6 Å². The third-order valence-electron chi connectivity index (χ3n) is 7.01. The second-order valence-electron chi connectivity index (χ2n) is 8.80. The summed E-state index contributed by atoms with van der Waals surface area (Å²) in [7, 11) is 3.46. The number of halogens is 1. The first-order chi connectivity index (χ1) is 18.3. The minimum absolute atomic E-state index is 0.00255. The molecule has 1 saturated heterocycles. The Morgan fingerprint density at radius 1 is 1.00 bits per heavy atom. The Bertz CT molecular complexity index is 1440. The lowest BCUT2D eigenvalue weighted by Crippen LogP contribution is -2.53. The Kier molecular flexibility index (Phi) is 6.09. The fourth-order valence-corrected chi connectivity index (χ4v) is 5.41. The van der Waals surface area contributed by atoms with Gasteiger partial charge in [-0.15, -0.1) is 0 Å². The molecule has 0 saturated carbocycles. The number of fused-ring (bicyclic) bond motifs is 1. The molecular weight excluding hydrogens is 499 g/mol. The van der Waals surface area contributed by atoms with E-state index in [0.717, 1.165) is 19.1 Å². The SMILES string of the molecule is COC(=O)C1=C(C(=O)OC)C2Nc3ccccc3C23CC(C(=O)OC)N(C(=O)Nc2ccccc2F)C3=N1. The maximum atomic E-state index is 14.4. The highest BCUT2D eigenvalue weighted by atomic mass is 19.1. The summed E-state index contributed by atoms with van der Waals surface area (Å²) < 4.78 is 29.3. The van der Waals surface area contributed by atoms with Crippen molar-refractivity contribution in [3.05, 3.63) is 71.2 Å². The highest BCUT2D eigenvalue weighted by Crippen LogP contribution is 2.55. The molecule has 1 fully saturated rings. The van der Waals surface area contributed by atoms with Crippen molar-refractivity contribution in [1.82, 2.24) is 4.90 Å². The van der Waals surface area contributed by atoms with Crippen molar-refractivity contribution in [2.24, 2.45) is 4.99 Å². The molecule has 12 heteroatoms. The molecule has 5 rings (SSSR count). The van der Waals surface area contributed by atoms with Gasteiger partial charge in [-0.2, -0.15) is 0 Å². The summed E-state index contributed by atoms with van der Waals surface area (Å²) in [6.45, 7) is 0. The number of likely N-dealkylation sites (tertiary alicyclic amines) is 1. The van der Waals surface area contributed by atoms with Crippen LogP contribution in [0.4, 0.5) is 20.6 Å². The molecule has 3 unspecified atom stereocenters. The number of carbonyl (C=O) groups excluding carboxylic acids is 4. The molecular formula is C26H23FN4O7. The van der Waals surface area contributed by atoms with E-state index in [1.165, 1.54) is 31.4 Å². The highest BCUT2D eigenvalue weighted by Gasteiger charge is 2.66. The van der Waals surface area contributed by atoms with E-state index in [2.05, 4.69) is 15.6 Å². The number of methoxy groups -OCH3 is 3. The number of para-hydroxylation sites is 2. The number of benzene rings is 2. The van der Waals surface area contributed by atoms with Gasteiger partial charge in [0.2, 0.25) is 0 Å². The second-order valence-corrected chi connectivity index (χ2v) is 8.80. The number of ether oxygens (including phenoxy) is 3. The number of carbonyl (C=O) groups is 4. The van der Waals surface area contributed by atoms with Gasteiger partial charge in [-0.25, -0.2) is 28.6 Å². The Morgan fingerprint density at radius 2 is 1.68 bits per heavy atom. The predicted octanol–water partition coefficient (Wildman–Crippen LogP) is 2.35. The summed E-state index contributed by atoms with van der Waals surface area (Å²) in [6, 6.07) is 9.56. The van der Waals surface area contributed by atoms with Crippen LogP contribution in [0, 0.1) is 5.82 Å². The predicted molar refractivity (Wildman–Crippen MR) is 132 cm³/mol. The van der Waals surface area contributed by atoms with Gasteiger partial charge in [0.25, 0.3) is 0 Å². The number of hydrogen-bond donors (Lipinski definition) is 2. The molecule has 3 atom stereocenters. The van der Waals surface area contributed by atoms with Crippen LogP contribution in [0.25, 0.3) is 0 Å². The number of amidine groups is 1. The first-order valence-corrected chi connectivity index (χ1v) is 11.6. The summed E-state index contributed by atoms with van der Waals surface area (Å²) >= 11 is 0. The highest BCUT2D eigenvalue weighted by molar-refractivity contribution is 6.18. The molecule has 0 aliphatic carbocycles. The standard InChI is InChI=1S/C26H23FN4O7/c1-36-21(32)17-12-26-13-8-4-6-10-15(13)28-20(26)18(22(33)37-2)19(23(34)38-3)30-24(26)31(17)25(35)29-16-11-7-5-9-14(16)27/h4-11,17,20,28H,12H2,1-3H3,(H,29,35). The van der Waals surface area contributed by atoms with Crippen LogP contribution in [-0.2, 0) is 34.0 Å². The Balaban J connectivity index is 1.76. The van der Waals surface area contributed by atoms with E-state index >= 15 is 0 Å². The van der Waals surface area contributed by atoms with Gasteiger partial charge < -0.3 is 24.8 Å². The molecule has 3 aliphatic heterocycles. The lowest BCUT2D eigenvalue weighted by Gasteiger charge is -2.36. The number of nitrogens with one attached hydrogen (secondary N) is 2. The summed E-state index contributed by atoms with van der Waals surface area (Å²) in [5.74, 6) is -3.23. The molecule has 3 heterocycles. The van der Waals surface area contributed by atoms with Crippen molar-refractivity contribution < 1.29 is 37.8 Å². The Morgan fingerprint density at radius 3 is 2.37 bits per heavy atom. The van der Waals surface area contributed by atoms with E-state index in [-0.39, 0.29) is 29.2 Å². The van der Waals surface area contributed by atoms with E-state index in [4.69, 9.17) is 14.2 Å².